The first-order valence-corrected chi connectivity index (χ1v) is 5.25. The minimum Gasteiger partial charge on any atom is -0.478 e. The highest BCUT2D eigenvalue weighted by atomic mass is 16.4. The Labute approximate surface area is 89.9 Å². The van der Waals surface area contributed by atoms with E-state index in [-0.39, 0.29) is 5.41 Å². The van der Waals surface area contributed by atoms with Crippen molar-refractivity contribution in [2.24, 2.45) is 5.41 Å². The van der Waals surface area contributed by atoms with Crippen LogP contribution in [-0.2, 0) is 12.8 Å². The summed E-state index contributed by atoms with van der Waals surface area (Å²) in [6.45, 7) is 6.45. The summed E-state index contributed by atoms with van der Waals surface area (Å²) in [5.41, 5.74) is 4.22. The quantitative estimate of drug-likeness (QED) is 0.763. The van der Waals surface area contributed by atoms with Gasteiger partial charge in [0.15, 0.2) is 0 Å². The van der Waals surface area contributed by atoms with Crippen LogP contribution in [0.5, 0.6) is 0 Å². The fraction of sp³-hybridized carbons (Fsp3) is 0.462. The lowest BCUT2D eigenvalue weighted by Gasteiger charge is -2.15. The van der Waals surface area contributed by atoms with Crippen LogP contribution in [0.4, 0.5) is 0 Å². The zero-order chi connectivity index (χ0) is 11.2. The van der Waals surface area contributed by atoms with E-state index in [2.05, 4.69) is 20.8 Å². The van der Waals surface area contributed by atoms with Gasteiger partial charge in [0.2, 0.25) is 0 Å². The predicted molar refractivity (Wildman–Crippen MR) is 59.3 cm³/mol. The molecule has 0 radical (unpaired) electrons. The van der Waals surface area contributed by atoms with E-state index in [9.17, 15) is 4.79 Å². The Morgan fingerprint density at radius 1 is 1.27 bits per heavy atom. The highest BCUT2D eigenvalue weighted by Crippen LogP contribution is 2.39. The average molecular weight is 204 g/mol. The number of benzene rings is 1. The summed E-state index contributed by atoms with van der Waals surface area (Å²) in [6.07, 6.45) is 1.88. The SMILES string of the molecule is Cc1ccc(C(=O)O)c2c1CC(C)(C)C2. The fourth-order valence-electron chi connectivity index (χ4n) is 2.48. The first-order valence-electron chi connectivity index (χ1n) is 5.25. The minimum absolute atomic E-state index is 0.207. The highest BCUT2D eigenvalue weighted by molar-refractivity contribution is 5.90. The van der Waals surface area contributed by atoms with Gasteiger partial charge in [-0.2, -0.15) is 0 Å². The molecule has 2 rings (SSSR count). The van der Waals surface area contributed by atoms with Gasteiger partial charge in [0.05, 0.1) is 5.56 Å². The number of carboxylic acid groups (broad SMARTS) is 1. The molecule has 0 heterocycles. The number of aryl methyl sites for hydroxylation is 1. The summed E-state index contributed by atoms with van der Waals surface area (Å²) in [5, 5.41) is 9.11. The topological polar surface area (TPSA) is 37.3 Å². The second-order valence-electron chi connectivity index (χ2n) is 5.21. The maximum absolute atomic E-state index is 11.1. The Morgan fingerprint density at radius 2 is 1.87 bits per heavy atom. The molecule has 2 heteroatoms. The van der Waals surface area contributed by atoms with Gasteiger partial charge in [-0.25, -0.2) is 4.79 Å². The van der Waals surface area contributed by atoms with Crippen LogP contribution < -0.4 is 0 Å². The van der Waals surface area contributed by atoms with Crippen LogP contribution in [0.1, 0.15) is 40.9 Å². The molecule has 15 heavy (non-hydrogen) atoms. The summed E-state index contributed by atoms with van der Waals surface area (Å²) in [4.78, 5) is 11.1. The Morgan fingerprint density at radius 3 is 2.47 bits per heavy atom. The minimum atomic E-state index is -0.802. The van der Waals surface area contributed by atoms with Crippen LogP contribution in [0.15, 0.2) is 12.1 Å². The van der Waals surface area contributed by atoms with Crippen molar-refractivity contribution in [3.05, 3.63) is 34.4 Å². The largest absolute Gasteiger partial charge is 0.478 e. The van der Waals surface area contributed by atoms with E-state index in [0.29, 0.717) is 5.56 Å². The number of aromatic carboxylic acids is 1. The average Bonchev–Trinajstić information content (AvgIpc) is 2.41. The molecular formula is C13H16O2. The highest BCUT2D eigenvalue weighted by Gasteiger charge is 2.32. The maximum atomic E-state index is 11.1. The lowest BCUT2D eigenvalue weighted by molar-refractivity contribution is 0.0695. The normalized spacial score (nSPS) is 17.5. The van der Waals surface area contributed by atoms with E-state index >= 15 is 0 Å². The van der Waals surface area contributed by atoms with Crippen LogP contribution in [0.2, 0.25) is 0 Å². The van der Waals surface area contributed by atoms with Crippen LogP contribution >= 0.6 is 0 Å². The molecule has 0 aromatic heterocycles. The molecule has 0 aliphatic heterocycles. The standard InChI is InChI=1S/C13H16O2/c1-8-4-5-9(12(14)15)11-7-13(2,3)6-10(8)11/h4-5H,6-7H2,1-3H3,(H,14,15). The van der Waals surface area contributed by atoms with E-state index in [4.69, 9.17) is 5.11 Å². The lowest BCUT2D eigenvalue weighted by Crippen LogP contribution is -2.10. The molecule has 1 N–H and O–H groups in total. The molecule has 1 aromatic rings. The Kier molecular flexibility index (Phi) is 2.10. The van der Waals surface area contributed by atoms with Crippen molar-refractivity contribution in [1.29, 1.82) is 0 Å². The van der Waals surface area contributed by atoms with Gasteiger partial charge in [0, 0.05) is 0 Å². The Bertz CT molecular complexity index is 430. The van der Waals surface area contributed by atoms with Crippen molar-refractivity contribution >= 4 is 5.97 Å². The van der Waals surface area contributed by atoms with Gasteiger partial charge in [0.1, 0.15) is 0 Å². The number of rotatable bonds is 1. The number of carbonyl (C=O) groups is 1. The third-order valence-corrected chi connectivity index (χ3v) is 3.21. The molecule has 0 bridgehead atoms. The molecule has 0 saturated heterocycles. The van der Waals surface area contributed by atoms with Gasteiger partial charge in [-0.05, 0) is 47.9 Å². The molecule has 0 unspecified atom stereocenters. The van der Waals surface area contributed by atoms with Crippen molar-refractivity contribution in [3.63, 3.8) is 0 Å². The number of hydrogen-bond donors (Lipinski definition) is 1. The number of fused-ring (bicyclic) bond motifs is 1. The zero-order valence-electron chi connectivity index (χ0n) is 9.42. The lowest BCUT2D eigenvalue weighted by atomic mass is 9.90. The van der Waals surface area contributed by atoms with Gasteiger partial charge < -0.3 is 5.11 Å². The van der Waals surface area contributed by atoms with Gasteiger partial charge >= 0.3 is 5.97 Å². The molecule has 1 aliphatic rings. The van der Waals surface area contributed by atoms with E-state index in [1.54, 1.807) is 6.07 Å². The van der Waals surface area contributed by atoms with E-state index < -0.39 is 5.97 Å². The maximum Gasteiger partial charge on any atom is 0.335 e. The monoisotopic (exact) mass is 204 g/mol. The molecule has 2 nitrogen and oxygen atoms in total. The molecule has 0 saturated carbocycles. The first kappa shape index (κ1) is 10.2. The summed E-state index contributed by atoms with van der Waals surface area (Å²) in [7, 11) is 0. The second-order valence-corrected chi connectivity index (χ2v) is 5.21. The van der Waals surface area contributed by atoms with Gasteiger partial charge in [-0.3, -0.25) is 0 Å². The van der Waals surface area contributed by atoms with Gasteiger partial charge in [0.25, 0.3) is 0 Å². The van der Waals surface area contributed by atoms with Crippen LogP contribution in [0.3, 0.4) is 0 Å². The van der Waals surface area contributed by atoms with Crippen molar-refractivity contribution < 1.29 is 9.90 Å². The summed E-state index contributed by atoms with van der Waals surface area (Å²) >= 11 is 0. The summed E-state index contributed by atoms with van der Waals surface area (Å²) in [6, 6.07) is 3.65. The third-order valence-electron chi connectivity index (χ3n) is 3.21. The third kappa shape index (κ3) is 1.65. The van der Waals surface area contributed by atoms with Crippen molar-refractivity contribution in [2.45, 2.75) is 33.6 Å². The molecular weight excluding hydrogens is 188 g/mol. The molecule has 0 atom stereocenters. The smallest absolute Gasteiger partial charge is 0.335 e. The van der Waals surface area contributed by atoms with Crippen molar-refractivity contribution in [1.82, 2.24) is 0 Å². The molecule has 0 amide bonds. The van der Waals surface area contributed by atoms with Gasteiger partial charge in [-0.1, -0.05) is 19.9 Å². The van der Waals surface area contributed by atoms with Gasteiger partial charge in [-0.15, -0.1) is 0 Å². The van der Waals surface area contributed by atoms with E-state index in [1.807, 2.05) is 6.07 Å². The Balaban J connectivity index is 2.60. The van der Waals surface area contributed by atoms with Crippen molar-refractivity contribution in [3.8, 4) is 0 Å². The van der Waals surface area contributed by atoms with E-state index in [1.165, 1.54) is 11.1 Å². The fourth-order valence-corrected chi connectivity index (χ4v) is 2.48. The first-order chi connectivity index (χ1) is 6.91. The number of carboxylic acids is 1. The predicted octanol–water partition coefficient (Wildman–Crippen LogP) is 2.82. The van der Waals surface area contributed by atoms with Crippen LogP contribution in [0, 0.1) is 12.3 Å². The van der Waals surface area contributed by atoms with E-state index in [0.717, 1.165) is 18.4 Å². The molecule has 80 valence electrons. The molecule has 0 spiro atoms. The Hall–Kier alpha value is -1.31. The number of hydrogen-bond acceptors (Lipinski definition) is 1. The van der Waals surface area contributed by atoms with Crippen LogP contribution in [0.25, 0.3) is 0 Å². The molecule has 1 aromatic carbocycles. The molecule has 1 aliphatic carbocycles. The van der Waals surface area contributed by atoms with Crippen molar-refractivity contribution in [2.75, 3.05) is 0 Å². The summed E-state index contributed by atoms with van der Waals surface area (Å²) < 4.78 is 0. The van der Waals surface area contributed by atoms with Crippen LogP contribution in [-0.4, -0.2) is 11.1 Å². The summed E-state index contributed by atoms with van der Waals surface area (Å²) in [5.74, 6) is -0.802. The second kappa shape index (κ2) is 3.09. The molecule has 0 fully saturated rings. The zero-order valence-corrected chi connectivity index (χ0v) is 9.42.